The van der Waals surface area contributed by atoms with Crippen molar-refractivity contribution in [2.24, 2.45) is 0 Å². The van der Waals surface area contributed by atoms with E-state index in [1.165, 1.54) is 16.8 Å². The summed E-state index contributed by atoms with van der Waals surface area (Å²) in [4.78, 5) is 2.26. The SMILES string of the molecule is CCCN(CCO)c1ccc(CNC(C)C)cc1C. The Morgan fingerprint density at radius 1 is 1.26 bits per heavy atom. The number of aliphatic hydroxyl groups excluding tert-OH is 1. The lowest BCUT2D eigenvalue weighted by molar-refractivity contribution is 0.302. The topological polar surface area (TPSA) is 35.5 Å². The van der Waals surface area contributed by atoms with E-state index in [0.717, 1.165) is 19.5 Å². The number of nitrogens with zero attached hydrogens (tertiary/aromatic N) is 1. The molecule has 108 valence electrons. The van der Waals surface area contributed by atoms with E-state index in [1.54, 1.807) is 0 Å². The van der Waals surface area contributed by atoms with Gasteiger partial charge in [0.25, 0.3) is 0 Å². The molecule has 3 heteroatoms. The first-order valence-electron chi connectivity index (χ1n) is 7.27. The van der Waals surface area contributed by atoms with Crippen LogP contribution < -0.4 is 10.2 Å². The Balaban J connectivity index is 2.79. The normalized spacial score (nSPS) is 11.1. The number of hydrogen-bond donors (Lipinski definition) is 2. The standard InChI is InChI=1S/C16H28N2O/c1-5-8-18(9-10-19)16-7-6-15(11-14(16)4)12-17-13(2)3/h6-7,11,13,17,19H,5,8-10,12H2,1-4H3. The minimum absolute atomic E-state index is 0.204. The molecular formula is C16H28N2O. The molecule has 0 aliphatic carbocycles. The molecule has 0 saturated heterocycles. The number of benzene rings is 1. The third-order valence-electron chi connectivity index (χ3n) is 3.18. The van der Waals surface area contributed by atoms with Crippen molar-refractivity contribution in [2.75, 3.05) is 24.6 Å². The molecule has 1 aromatic rings. The second-order valence-corrected chi connectivity index (χ2v) is 5.37. The summed E-state index contributed by atoms with van der Waals surface area (Å²) in [5.41, 5.74) is 3.84. The van der Waals surface area contributed by atoms with Gasteiger partial charge in [0.05, 0.1) is 6.61 Å². The van der Waals surface area contributed by atoms with Gasteiger partial charge in [-0.3, -0.25) is 0 Å². The molecule has 0 heterocycles. The highest BCUT2D eigenvalue weighted by Gasteiger charge is 2.08. The molecule has 1 aromatic carbocycles. The number of anilines is 1. The van der Waals surface area contributed by atoms with Crippen LogP contribution in [0.1, 0.15) is 38.3 Å². The van der Waals surface area contributed by atoms with Gasteiger partial charge in [-0.2, -0.15) is 0 Å². The summed E-state index contributed by atoms with van der Waals surface area (Å²) in [7, 11) is 0. The zero-order valence-corrected chi connectivity index (χ0v) is 12.7. The van der Waals surface area contributed by atoms with E-state index in [-0.39, 0.29) is 6.61 Å². The number of nitrogens with one attached hydrogen (secondary N) is 1. The van der Waals surface area contributed by atoms with Gasteiger partial charge in [-0.05, 0) is 30.5 Å². The lowest BCUT2D eigenvalue weighted by Gasteiger charge is -2.25. The van der Waals surface area contributed by atoms with Crippen molar-refractivity contribution in [3.63, 3.8) is 0 Å². The maximum absolute atomic E-state index is 9.16. The summed E-state index contributed by atoms with van der Waals surface area (Å²) in [6, 6.07) is 7.10. The third kappa shape index (κ3) is 5.21. The van der Waals surface area contributed by atoms with Gasteiger partial charge in [0, 0.05) is 31.4 Å². The van der Waals surface area contributed by atoms with Crippen LogP contribution in [0.25, 0.3) is 0 Å². The van der Waals surface area contributed by atoms with Crippen LogP contribution in [-0.2, 0) is 6.54 Å². The van der Waals surface area contributed by atoms with Crippen LogP contribution in [-0.4, -0.2) is 30.8 Å². The van der Waals surface area contributed by atoms with Crippen molar-refractivity contribution in [3.05, 3.63) is 29.3 Å². The fraction of sp³-hybridized carbons (Fsp3) is 0.625. The molecule has 0 atom stereocenters. The van der Waals surface area contributed by atoms with Gasteiger partial charge in [0.1, 0.15) is 0 Å². The van der Waals surface area contributed by atoms with Gasteiger partial charge in [-0.25, -0.2) is 0 Å². The summed E-state index contributed by atoms with van der Waals surface area (Å²) in [6.07, 6.45) is 1.09. The van der Waals surface area contributed by atoms with E-state index in [1.807, 2.05) is 0 Å². The zero-order valence-electron chi connectivity index (χ0n) is 12.7. The number of rotatable bonds is 8. The Bertz CT molecular complexity index is 371. The molecule has 0 aromatic heterocycles. The van der Waals surface area contributed by atoms with E-state index >= 15 is 0 Å². The van der Waals surface area contributed by atoms with Gasteiger partial charge < -0.3 is 15.3 Å². The fourth-order valence-electron chi connectivity index (χ4n) is 2.25. The monoisotopic (exact) mass is 264 g/mol. The minimum atomic E-state index is 0.204. The van der Waals surface area contributed by atoms with E-state index in [4.69, 9.17) is 5.11 Å². The molecule has 1 rings (SSSR count). The van der Waals surface area contributed by atoms with Crippen molar-refractivity contribution >= 4 is 5.69 Å². The van der Waals surface area contributed by atoms with E-state index in [9.17, 15) is 0 Å². The molecule has 0 spiro atoms. The highest BCUT2D eigenvalue weighted by molar-refractivity contribution is 5.54. The molecular weight excluding hydrogens is 236 g/mol. The first-order valence-corrected chi connectivity index (χ1v) is 7.27. The van der Waals surface area contributed by atoms with Crippen molar-refractivity contribution in [2.45, 2.75) is 46.7 Å². The van der Waals surface area contributed by atoms with Gasteiger partial charge in [0.15, 0.2) is 0 Å². The van der Waals surface area contributed by atoms with Crippen LogP contribution in [0.2, 0.25) is 0 Å². The predicted molar refractivity (Wildman–Crippen MR) is 82.7 cm³/mol. The molecule has 0 aliphatic rings. The van der Waals surface area contributed by atoms with E-state index in [0.29, 0.717) is 12.6 Å². The predicted octanol–water partition coefficient (Wildman–Crippen LogP) is 2.70. The Labute approximate surface area is 117 Å². The van der Waals surface area contributed by atoms with E-state index < -0.39 is 0 Å². The Morgan fingerprint density at radius 2 is 2.00 bits per heavy atom. The summed E-state index contributed by atoms with van der Waals surface area (Å²) >= 11 is 0. The summed E-state index contributed by atoms with van der Waals surface area (Å²) in [6.45, 7) is 11.4. The van der Waals surface area contributed by atoms with Crippen LogP contribution in [0.4, 0.5) is 5.69 Å². The molecule has 0 unspecified atom stereocenters. The van der Waals surface area contributed by atoms with Gasteiger partial charge >= 0.3 is 0 Å². The average molecular weight is 264 g/mol. The van der Waals surface area contributed by atoms with Crippen molar-refractivity contribution in [1.29, 1.82) is 0 Å². The molecule has 0 radical (unpaired) electrons. The zero-order chi connectivity index (χ0) is 14.3. The highest BCUT2D eigenvalue weighted by Crippen LogP contribution is 2.21. The van der Waals surface area contributed by atoms with Crippen molar-refractivity contribution in [1.82, 2.24) is 5.32 Å². The number of hydrogen-bond acceptors (Lipinski definition) is 3. The second kappa shape index (κ2) is 8.18. The molecule has 0 saturated carbocycles. The Morgan fingerprint density at radius 3 is 2.53 bits per heavy atom. The lowest BCUT2D eigenvalue weighted by atomic mass is 10.1. The lowest BCUT2D eigenvalue weighted by Crippen LogP contribution is -2.28. The van der Waals surface area contributed by atoms with Gasteiger partial charge in [0.2, 0.25) is 0 Å². The average Bonchev–Trinajstić information content (AvgIpc) is 2.36. The number of aryl methyl sites for hydroxylation is 1. The molecule has 2 N–H and O–H groups in total. The van der Waals surface area contributed by atoms with Crippen LogP contribution >= 0.6 is 0 Å². The minimum Gasteiger partial charge on any atom is -0.395 e. The second-order valence-electron chi connectivity index (χ2n) is 5.37. The van der Waals surface area contributed by atoms with Crippen LogP contribution in [0.5, 0.6) is 0 Å². The molecule has 19 heavy (non-hydrogen) atoms. The van der Waals surface area contributed by atoms with Gasteiger partial charge in [-0.1, -0.05) is 32.9 Å². The van der Waals surface area contributed by atoms with Crippen LogP contribution in [0.3, 0.4) is 0 Å². The molecule has 3 nitrogen and oxygen atoms in total. The first kappa shape index (κ1) is 16.0. The summed E-state index contributed by atoms with van der Waals surface area (Å²) in [5.74, 6) is 0. The maximum Gasteiger partial charge on any atom is 0.0606 e. The van der Waals surface area contributed by atoms with Crippen molar-refractivity contribution < 1.29 is 5.11 Å². The van der Waals surface area contributed by atoms with Crippen LogP contribution in [0.15, 0.2) is 18.2 Å². The highest BCUT2D eigenvalue weighted by atomic mass is 16.3. The first-order chi connectivity index (χ1) is 9.08. The molecule has 0 bridgehead atoms. The summed E-state index contributed by atoms with van der Waals surface area (Å²) < 4.78 is 0. The largest absolute Gasteiger partial charge is 0.395 e. The summed E-state index contributed by atoms with van der Waals surface area (Å²) in [5, 5.41) is 12.6. The van der Waals surface area contributed by atoms with Gasteiger partial charge in [-0.15, -0.1) is 0 Å². The Hall–Kier alpha value is -1.06. The number of aliphatic hydroxyl groups is 1. The smallest absolute Gasteiger partial charge is 0.0606 e. The third-order valence-corrected chi connectivity index (χ3v) is 3.18. The molecule has 0 aliphatic heterocycles. The van der Waals surface area contributed by atoms with E-state index in [2.05, 4.69) is 56.1 Å². The molecule has 0 fully saturated rings. The quantitative estimate of drug-likeness (QED) is 0.758. The maximum atomic E-state index is 9.16. The van der Waals surface area contributed by atoms with Crippen molar-refractivity contribution in [3.8, 4) is 0 Å². The fourth-order valence-corrected chi connectivity index (χ4v) is 2.25. The molecule has 0 amide bonds. The van der Waals surface area contributed by atoms with Crippen LogP contribution in [0, 0.1) is 6.92 Å². The Kier molecular flexibility index (Phi) is 6.89.